The standard InChI is InChI=1S/C11H13N.C2H7NO.3C2H6/c1-3-10-7-9-6-8(2)4-5-11(9)12-10;1-3-4-2;3*1-2/h4-7,12H,3H2,1-2H3;3H,1-2H3;3*1-2H3. The van der Waals surface area contributed by atoms with Gasteiger partial charge in [-0.05, 0) is 36.9 Å². The summed E-state index contributed by atoms with van der Waals surface area (Å²) in [4.78, 5) is 7.66. The number of rotatable bonds is 2. The summed E-state index contributed by atoms with van der Waals surface area (Å²) < 4.78 is 0. The highest BCUT2D eigenvalue weighted by Crippen LogP contribution is 2.16. The van der Waals surface area contributed by atoms with Crippen molar-refractivity contribution in [2.75, 3.05) is 14.2 Å². The first-order valence-corrected chi connectivity index (χ1v) is 8.49. The number of H-pyrrole nitrogens is 1. The molecule has 2 rings (SSSR count). The lowest BCUT2D eigenvalue weighted by molar-refractivity contribution is 0.112. The van der Waals surface area contributed by atoms with E-state index in [1.165, 1.54) is 22.2 Å². The van der Waals surface area contributed by atoms with E-state index in [9.17, 15) is 0 Å². The lowest BCUT2D eigenvalue weighted by Gasteiger charge is -1.90. The summed E-state index contributed by atoms with van der Waals surface area (Å²) in [7, 11) is 3.28. The third-order valence-corrected chi connectivity index (χ3v) is 2.42. The number of hydrogen-bond donors (Lipinski definition) is 2. The van der Waals surface area contributed by atoms with Gasteiger partial charge in [0.05, 0.1) is 7.11 Å². The van der Waals surface area contributed by atoms with Crippen LogP contribution in [0.4, 0.5) is 0 Å². The molecule has 1 aromatic heterocycles. The minimum absolute atomic E-state index is 1.08. The smallest absolute Gasteiger partial charge is 0.0572 e. The number of benzene rings is 1. The van der Waals surface area contributed by atoms with Gasteiger partial charge in [-0.2, -0.15) is 0 Å². The molecule has 0 spiro atoms. The predicted octanol–water partition coefficient (Wildman–Crippen LogP) is 5.88. The van der Waals surface area contributed by atoms with Crippen LogP contribution < -0.4 is 5.48 Å². The molecule has 3 nitrogen and oxygen atoms in total. The molecule has 0 aliphatic rings. The van der Waals surface area contributed by atoms with Gasteiger partial charge in [0.15, 0.2) is 0 Å². The molecule has 0 fully saturated rings. The summed E-state index contributed by atoms with van der Waals surface area (Å²) >= 11 is 0. The summed E-state index contributed by atoms with van der Waals surface area (Å²) in [6, 6.07) is 8.72. The molecule has 1 aromatic carbocycles. The van der Waals surface area contributed by atoms with Gasteiger partial charge in [0.1, 0.15) is 0 Å². The minimum Gasteiger partial charge on any atom is -0.358 e. The van der Waals surface area contributed by atoms with Crippen LogP contribution in [0, 0.1) is 6.92 Å². The van der Waals surface area contributed by atoms with E-state index in [1.54, 1.807) is 14.2 Å². The van der Waals surface area contributed by atoms with Crippen molar-refractivity contribution in [3.05, 3.63) is 35.5 Å². The van der Waals surface area contributed by atoms with Crippen LogP contribution in [-0.2, 0) is 11.3 Å². The molecule has 22 heavy (non-hydrogen) atoms. The normalized spacial score (nSPS) is 8.09. The van der Waals surface area contributed by atoms with Crippen molar-refractivity contribution in [3.63, 3.8) is 0 Å². The molecule has 0 unspecified atom stereocenters. The van der Waals surface area contributed by atoms with E-state index in [0.29, 0.717) is 0 Å². The van der Waals surface area contributed by atoms with Gasteiger partial charge in [0.2, 0.25) is 0 Å². The second-order valence-electron chi connectivity index (χ2n) is 3.65. The molecule has 130 valence electrons. The average molecular weight is 311 g/mol. The minimum atomic E-state index is 1.08. The molecule has 0 aliphatic carbocycles. The van der Waals surface area contributed by atoms with Gasteiger partial charge in [0.25, 0.3) is 0 Å². The Balaban J connectivity index is -0.000000307. The van der Waals surface area contributed by atoms with Crippen molar-refractivity contribution in [1.29, 1.82) is 0 Å². The maximum absolute atomic E-state index is 4.29. The Bertz CT molecular complexity index is 434. The van der Waals surface area contributed by atoms with E-state index in [0.717, 1.165) is 6.42 Å². The van der Waals surface area contributed by atoms with Gasteiger partial charge >= 0.3 is 0 Å². The number of hydrogen-bond acceptors (Lipinski definition) is 2. The Morgan fingerprint density at radius 3 is 1.91 bits per heavy atom. The molecule has 0 saturated carbocycles. The fourth-order valence-corrected chi connectivity index (χ4v) is 1.50. The fourth-order valence-electron chi connectivity index (χ4n) is 1.50. The number of nitrogens with one attached hydrogen (secondary N) is 2. The Morgan fingerprint density at radius 2 is 1.50 bits per heavy atom. The van der Waals surface area contributed by atoms with Gasteiger partial charge in [-0.15, -0.1) is 0 Å². The Kier molecular flexibility index (Phi) is 22.9. The van der Waals surface area contributed by atoms with E-state index >= 15 is 0 Å². The Morgan fingerprint density at radius 1 is 1.00 bits per heavy atom. The van der Waals surface area contributed by atoms with Crippen molar-refractivity contribution in [1.82, 2.24) is 10.5 Å². The van der Waals surface area contributed by atoms with Crippen molar-refractivity contribution in [3.8, 4) is 0 Å². The third-order valence-electron chi connectivity index (χ3n) is 2.42. The molecule has 2 aromatic rings. The number of aromatic amines is 1. The highest BCUT2D eigenvalue weighted by atomic mass is 16.6. The summed E-state index contributed by atoms with van der Waals surface area (Å²) in [6.45, 7) is 16.3. The molecular weight excluding hydrogens is 272 g/mol. The van der Waals surface area contributed by atoms with E-state index in [4.69, 9.17) is 0 Å². The average Bonchev–Trinajstić information content (AvgIpc) is 3.02. The van der Waals surface area contributed by atoms with Gasteiger partial charge in [0, 0.05) is 18.3 Å². The molecule has 3 heteroatoms. The summed E-state index contributed by atoms with van der Waals surface area (Å²) in [6.07, 6.45) is 1.08. The lowest BCUT2D eigenvalue weighted by Crippen LogP contribution is -2.00. The van der Waals surface area contributed by atoms with Crippen LogP contribution in [0.5, 0.6) is 0 Å². The van der Waals surface area contributed by atoms with Crippen LogP contribution in [0.3, 0.4) is 0 Å². The first kappa shape index (κ1) is 25.6. The Labute approximate surface area is 138 Å². The first-order chi connectivity index (χ1) is 10.7. The maximum Gasteiger partial charge on any atom is 0.0572 e. The zero-order chi connectivity index (χ0) is 18.0. The quantitative estimate of drug-likeness (QED) is 0.679. The zero-order valence-electron chi connectivity index (χ0n) is 16.4. The van der Waals surface area contributed by atoms with Gasteiger partial charge < -0.3 is 9.82 Å². The van der Waals surface area contributed by atoms with Crippen LogP contribution >= 0.6 is 0 Å². The maximum atomic E-state index is 4.29. The lowest BCUT2D eigenvalue weighted by atomic mass is 10.2. The molecule has 0 atom stereocenters. The Hall–Kier alpha value is -1.32. The monoisotopic (exact) mass is 310 g/mol. The van der Waals surface area contributed by atoms with Crippen molar-refractivity contribution in [2.24, 2.45) is 0 Å². The van der Waals surface area contributed by atoms with E-state index in [-0.39, 0.29) is 0 Å². The molecule has 2 N–H and O–H groups in total. The summed E-state index contributed by atoms with van der Waals surface area (Å²) in [5.41, 5.74) is 6.32. The van der Waals surface area contributed by atoms with E-state index < -0.39 is 0 Å². The highest BCUT2D eigenvalue weighted by molar-refractivity contribution is 5.81. The molecule has 0 radical (unpaired) electrons. The van der Waals surface area contributed by atoms with Crippen molar-refractivity contribution < 1.29 is 4.84 Å². The molecule has 0 saturated heterocycles. The fraction of sp³-hybridized carbons (Fsp3) is 0.579. The van der Waals surface area contributed by atoms with Gasteiger partial charge in [-0.3, -0.25) is 0 Å². The SMILES string of the molecule is CC.CC.CC.CCc1cc2cc(C)ccc2[nH]1.CNOC. The molecular formula is C19H38N2O. The molecule has 0 amide bonds. The van der Waals surface area contributed by atoms with Crippen molar-refractivity contribution >= 4 is 10.9 Å². The van der Waals surface area contributed by atoms with Crippen LogP contribution in [-0.4, -0.2) is 19.1 Å². The second kappa shape index (κ2) is 19.7. The summed E-state index contributed by atoms with van der Waals surface area (Å²) in [5.74, 6) is 0. The van der Waals surface area contributed by atoms with Crippen LogP contribution in [0.2, 0.25) is 0 Å². The van der Waals surface area contributed by atoms with Crippen molar-refractivity contribution in [2.45, 2.75) is 61.8 Å². The topological polar surface area (TPSA) is 37.0 Å². The molecule has 0 aliphatic heterocycles. The third kappa shape index (κ3) is 11.4. The molecule has 1 heterocycles. The molecule has 0 bridgehead atoms. The van der Waals surface area contributed by atoms with E-state index in [2.05, 4.69) is 53.4 Å². The number of hydroxylamine groups is 1. The van der Waals surface area contributed by atoms with Gasteiger partial charge in [-0.1, -0.05) is 60.1 Å². The van der Waals surface area contributed by atoms with Crippen LogP contribution in [0.15, 0.2) is 24.3 Å². The van der Waals surface area contributed by atoms with E-state index in [1.807, 2.05) is 41.5 Å². The number of aryl methyl sites for hydroxylation is 2. The predicted molar refractivity (Wildman–Crippen MR) is 103 cm³/mol. The highest BCUT2D eigenvalue weighted by Gasteiger charge is 1.97. The van der Waals surface area contributed by atoms with Gasteiger partial charge in [-0.25, -0.2) is 5.48 Å². The number of aromatic nitrogens is 1. The first-order valence-electron chi connectivity index (χ1n) is 8.49. The second-order valence-corrected chi connectivity index (χ2v) is 3.65. The zero-order valence-corrected chi connectivity index (χ0v) is 16.4. The number of fused-ring (bicyclic) bond motifs is 1. The summed E-state index contributed by atoms with van der Waals surface area (Å²) in [5, 5.41) is 1.33. The van der Waals surface area contributed by atoms with Crippen LogP contribution in [0.1, 0.15) is 59.7 Å². The largest absolute Gasteiger partial charge is 0.358 e. The van der Waals surface area contributed by atoms with Crippen LogP contribution in [0.25, 0.3) is 10.9 Å².